The van der Waals surface area contributed by atoms with E-state index in [2.05, 4.69) is 0 Å². The average Bonchev–Trinajstić information content (AvgIpc) is 2.38. The number of hydrogen-bond donors (Lipinski definition) is 1. The van der Waals surface area contributed by atoms with Crippen molar-refractivity contribution in [3.05, 3.63) is 23.8 Å². The van der Waals surface area contributed by atoms with Gasteiger partial charge >= 0.3 is 12.1 Å². The summed E-state index contributed by atoms with van der Waals surface area (Å²) in [6, 6.07) is -1.24. The van der Waals surface area contributed by atoms with E-state index in [1.165, 1.54) is 51.3 Å². The molecule has 8 heteroatoms. The van der Waals surface area contributed by atoms with Gasteiger partial charge in [-0.25, -0.2) is 0 Å². The summed E-state index contributed by atoms with van der Waals surface area (Å²) in [6.45, 7) is 1.49. The second-order valence-electron chi connectivity index (χ2n) is 4.97. The second-order valence-corrected chi connectivity index (χ2v) is 4.97. The molecule has 0 fully saturated rings. The minimum atomic E-state index is -5.04. The summed E-state index contributed by atoms with van der Waals surface area (Å²) in [6.07, 6.45) is -0.677. The molecule has 0 aromatic rings. The summed E-state index contributed by atoms with van der Waals surface area (Å²) >= 11 is 0. The van der Waals surface area contributed by atoms with Crippen molar-refractivity contribution in [1.29, 1.82) is 0 Å². The molecule has 0 saturated heterocycles. The molecule has 0 bridgehead atoms. The third kappa shape index (κ3) is 3.63. The Morgan fingerprint density at radius 1 is 1.38 bits per heavy atom. The number of likely N-dealkylation sites (N-methyl/N-ethyl adjacent to an activating group) is 1. The number of halogens is 3. The lowest BCUT2D eigenvalue weighted by Crippen LogP contribution is -2.57. The molecule has 1 aliphatic rings. The first-order valence-corrected chi connectivity index (χ1v) is 6.07. The molecule has 2 atom stereocenters. The second kappa shape index (κ2) is 5.88. The SMILES string of the molecule is COC1(C)C=CC=C(C(=O)N(C)C)C1NC(=O)C(F)(F)F. The van der Waals surface area contributed by atoms with Crippen LogP contribution < -0.4 is 5.32 Å². The standard InChI is InChI=1S/C13H17F3N2O3/c1-12(21-4)7-5-6-8(10(19)18(2)3)9(12)17-11(20)13(14,15)16/h5-7,9H,1-4H3,(H,17,20). The van der Waals surface area contributed by atoms with Crippen LogP contribution in [0, 0.1) is 0 Å². The van der Waals surface area contributed by atoms with Crippen molar-refractivity contribution in [2.45, 2.75) is 24.7 Å². The van der Waals surface area contributed by atoms with Crippen LogP contribution in [0.5, 0.6) is 0 Å². The number of carbonyl (C=O) groups excluding carboxylic acids is 2. The van der Waals surface area contributed by atoms with Gasteiger partial charge in [-0.05, 0) is 6.92 Å². The highest BCUT2D eigenvalue weighted by Gasteiger charge is 2.46. The summed E-state index contributed by atoms with van der Waals surface area (Å²) < 4.78 is 42.6. The highest BCUT2D eigenvalue weighted by Crippen LogP contribution is 2.29. The molecule has 1 rings (SSSR count). The van der Waals surface area contributed by atoms with Gasteiger partial charge in [-0.15, -0.1) is 0 Å². The van der Waals surface area contributed by atoms with E-state index < -0.39 is 29.6 Å². The molecule has 5 nitrogen and oxygen atoms in total. The molecule has 0 spiro atoms. The fourth-order valence-electron chi connectivity index (χ4n) is 1.92. The Morgan fingerprint density at radius 3 is 2.38 bits per heavy atom. The first kappa shape index (κ1) is 17.2. The van der Waals surface area contributed by atoms with Crippen molar-refractivity contribution in [3.8, 4) is 0 Å². The third-order valence-corrected chi connectivity index (χ3v) is 3.21. The Morgan fingerprint density at radius 2 is 1.95 bits per heavy atom. The van der Waals surface area contributed by atoms with Gasteiger partial charge < -0.3 is 15.0 Å². The number of methoxy groups -OCH3 is 1. The van der Waals surface area contributed by atoms with Crippen LogP contribution in [0.15, 0.2) is 23.8 Å². The van der Waals surface area contributed by atoms with Crippen LogP contribution in [-0.2, 0) is 14.3 Å². The molecule has 0 aliphatic heterocycles. The minimum Gasteiger partial charge on any atom is -0.372 e. The van der Waals surface area contributed by atoms with Gasteiger partial charge in [0.15, 0.2) is 0 Å². The van der Waals surface area contributed by atoms with Crippen LogP contribution in [0.3, 0.4) is 0 Å². The Hall–Kier alpha value is -1.83. The lowest BCUT2D eigenvalue weighted by atomic mass is 9.84. The van der Waals surface area contributed by atoms with Gasteiger partial charge in [-0.3, -0.25) is 9.59 Å². The predicted molar refractivity (Wildman–Crippen MR) is 69.3 cm³/mol. The molecule has 21 heavy (non-hydrogen) atoms. The lowest BCUT2D eigenvalue weighted by molar-refractivity contribution is -0.175. The van der Waals surface area contributed by atoms with E-state index in [4.69, 9.17) is 4.74 Å². The molecular formula is C13H17F3N2O3. The molecule has 118 valence electrons. The van der Waals surface area contributed by atoms with Crippen LogP contribution in [-0.4, -0.2) is 55.7 Å². The molecule has 0 heterocycles. The normalized spacial score (nSPS) is 25.3. The van der Waals surface area contributed by atoms with E-state index in [0.29, 0.717) is 0 Å². The van der Waals surface area contributed by atoms with Crippen LogP contribution in [0.4, 0.5) is 13.2 Å². The first-order valence-electron chi connectivity index (χ1n) is 6.07. The highest BCUT2D eigenvalue weighted by molar-refractivity contribution is 5.96. The monoisotopic (exact) mass is 306 g/mol. The zero-order valence-electron chi connectivity index (χ0n) is 12.1. The molecule has 1 N–H and O–H groups in total. The van der Waals surface area contributed by atoms with Gasteiger partial charge in [-0.2, -0.15) is 13.2 Å². The van der Waals surface area contributed by atoms with Crippen LogP contribution >= 0.6 is 0 Å². The smallest absolute Gasteiger partial charge is 0.372 e. The van der Waals surface area contributed by atoms with E-state index in [1.54, 1.807) is 0 Å². The number of carbonyl (C=O) groups is 2. The summed E-state index contributed by atoms with van der Waals surface area (Å²) in [4.78, 5) is 24.5. The summed E-state index contributed by atoms with van der Waals surface area (Å²) in [5.74, 6) is -2.63. The number of amides is 2. The maximum absolute atomic E-state index is 12.5. The first-order chi connectivity index (χ1) is 9.53. The number of alkyl halides is 3. The topological polar surface area (TPSA) is 58.6 Å². The molecular weight excluding hydrogens is 289 g/mol. The zero-order chi connectivity index (χ0) is 16.4. The average molecular weight is 306 g/mol. The van der Waals surface area contributed by atoms with E-state index in [-0.39, 0.29) is 5.57 Å². The van der Waals surface area contributed by atoms with Crippen molar-refractivity contribution in [1.82, 2.24) is 10.2 Å². The maximum atomic E-state index is 12.5. The van der Waals surface area contributed by atoms with Crippen LogP contribution in [0.2, 0.25) is 0 Å². The van der Waals surface area contributed by atoms with Crippen LogP contribution in [0.1, 0.15) is 6.92 Å². The molecule has 0 aromatic heterocycles. The van der Waals surface area contributed by atoms with Gasteiger partial charge in [0.25, 0.3) is 5.91 Å². The Bertz CT molecular complexity index is 497. The van der Waals surface area contributed by atoms with E-state index in [0.717, 1.165) is 0 Å². The van der Waals surface area contributed by atoms with Crippen LogP contribution in [0.25, 0.3) is 0 Å². The lowest BCUT2D eigenvalue weighted by Gasteiger charge is -2.38. The fraction of sp³-hybridized carbons (Fsp3) is 0.538. The zero-order valence-corrected chi connectivity index (χ0v) is 12.1. The number of nitrogens with zero attached hydrogens (tertiary/aromatic N) is 1. The molecule has 1 aliphatic carbocycles. The number of rotatable bonds is 3. The number of nitrogens with one attached hydrogen (secondary N) is 1. The molecule has 0 saturated carbocycles. The van der Waals surface area contributed by atoms with E-state index in [9.17, 15) is 22.8 Å². The van der Waals surface area contributed by atoms with Crippen molar-refractivity contribution >= 4 is 11.8 Å². The number of allylic oxidation sites excluding steroid dienone is 2. The fourth-order valence-corrected chi connectivity index (χ4v) is 1.92. The van der Waals surface area contributed by atoms with Crippen molar-refractivity contribution in [2.75, 3.05) is 21.2 Å². The number of ether oxygens (including phenoxy) is 1. The molecule has 2 amide bonds. The summed E-state index contributed by atoms with van der Waals surface area (Å²) in [7, 11) is 4.22. The largest absolute Gasteiger partial charge is 0.471 e. The summed E-state index contributed by atoms with van der Waals surface area (Å²) in [5, 5.41) is 1.83. The summed E-state index contributed by atoms with van der Waals surface area (Å²) in [5.41, 5.74) is -1.24. The number of hydrogen-bond acceptors (Lipinski definition) is 3. The quantitative estimate of drug-likeness (QED) is 0.847. The van der Waals surface area contributed by atoms with E-state index in [1.807, 2.05) is 5.32 Å². The molecule has 2 unspecified atom stereocenters. The van der Waals surface area contributed by atoms with Gasteiger partial charge in [0.2, 0.25) is 0 Å². The Labute approximate surface area is 120 Å². The third-order valence-electron chi connectivity index (χ3n) is 3.21. The maximum Gasteiger partial charge on any atom is 0.471 e. The van der Waals surface area contributed by atoms with E-state index >= 15 is 0 Å². The van der Waals surface area contributed by atoms with Gasteiger partial charge in [0, 0.05) is 26.8 Å². The van der Waals surface area contributed by atoms with Gasteiger partial charge in [0.05, 0.1) is 6.04 Å². The molecule has 0 aromatic carbocycles. The van der Waals surface area contributed by atoms with Crippen molar-refractivity contribution < 1.29 is 27.5 Å². The predicted octanol–water partition coefficient (Wildman–Crippen LogP) is 1.02. The van der Waals surface area contributed by atoms with Gasteiger partial charge in [-0.1, -0.05) is 18.2 Å². The Balaban J connectivity index is 3.17. The Kier molecular flexibility index (Phi) is 4.83. The highest BCUT2D eigenvalue weighted by atomic mass is 19.4. The van der Waals surface area contributed by atoms with Crippen molar-refractivity contribution in [3.63, 3.8) is 0 Å². The minimum absolute atomic E-state index is 0.0180. The molecule has 0 radical (unpaired) electrons. The van der Waals surface area contributed by atoms with Crippen molar-refractivity contribution in [2.24, 2.45) is 0 Å². The van der Waals surface area contributed by atoms with Gasteiger partial charge in [0.1, 0.15) is 5.60 Å².